The maximum Gasteiger partial charge on any atom is 0.274 e. The van der Waals surface area contributed by atoms with Crippen LogP contribution in [0.2, 0.25) is 0 Å². The molecule has 0 saturated carbocycles. The second kappa shape index (κ2) is 9.92. The lowest BCUT2D eigenvalue weighted by molar-refractivity contribution is 0.0739. The smallest absolute Gasteiger partial charge is 0.274 e. The second-order valence-corrected chi connectivity index (χ2v) is 6.91. The Morgan fingerprint density at radius 1 is 1.04 bits per heavy atom. The number of hydrogen-bond donors (Lipinski definition) is 1. The van der Waals surface area contributed by atoms with E-state index >= 15 is 0 Å². The van der Waals surface area contributed by atoms with Gasteiger partial charge in [0.2, 0.25) is 0 Å². The van der Waals surface area contributed by atoms with Crippen LogP contribution in [0, 0.1) is 0 Å². The van der Waals surface area contributed by atoms with E-state index in [1.807, 2.05) is 35.2 Å². The first-order valence-corrected chi connectivity index (χ1v) is 9.97. The van der Waals surface area contributed by atoms with Gasteiger partial charge in [0.1, 0.15) is 11.6 Å². The third-order valence-electron chi connectivity index (χ3n) is 4.97. The molecule has 2 aromatic rings. The van der Waals surface area contributed by atoms with Crippen molar-refractivity contribution in [1.29, 1.82) is 0 Å². The zero-order valence-electron chi connectivity index (χ0n) is 16.7. The number of nitrogens with zero attached hydrogens (tertiary/aromatic N) is 4. The topological polar surface area (TPSA) is 70.6 Å². The Bertz CT molecular complexity index is 740. The van der Waals surface area contributed by atoms with E-state index in [1.54, 1.807) is 13.2 Å². The van der Waals surface area contributed by atoms with Crippen LogP contribution in [0.1, 0.15) is 36.7 Å². The molecule has 7 heteroatoms. The van der Waals surface area contributed by atoms with E-state index < -0.39 is 0 Å². The van der Waals surface area contributed by atoms with E-state index in [4.69, 9.17) is 4.74 Å². The highest BCUT2D eigenvalue weighted by Crippen LogP contribution is 2.21. The monoisotopic (exact) mass is 383 g/mol. The molecule has 1 saturated heterocycles. The molecule has 1 aliphatic heterocycles. The molecular formula is C21H29N5O2. The predicted molar refractivity (Wildman–Crippen MR) is 111 cm³/mol. The summed E-state index contributed by atoms with van der Waals surface area (Å²) in [4.78, 5) is 16.8. The molecule has 1 amide bonds. The second-order valence-electron chi connectivity index (χ2n) is 6.91. The first kappa shape index (κ1) is 19.9. The summed E-state index contributed by atoms with van der Waals surface area (Å²) in [5.74, 6) is 1.51. The van der Waals surface area contributed by atoms with Crippen LogP contribution in [0.5, 0.6) is 5.75 Å². The number of piperazine rings is 1. The van der Waals surface area contributed by atoms with Gasteiger partial charge in [-0.2, -0.15) is 0 Å². The molecule has 0 atom stereocenters. The highest BCUT2D eigenvalue weighted by atomic mass is 16.5. The summed E-state index contributed by atoms with van der Waals surface area (Å²) in [6.07, 6.45) is 3.49. The average molecular weight is 383 g/mol. The average Bonchev–Trinajstić information content (AvgIpc) is 2.77. The normalized spacial score (nSPS) is 14.1. The van der Waals surface area contributed by atoms with E-state index in [1.165, 1.54) is 12.8 Å². The minimum Gasteiger partial charge on any atom is -0.497 e. The van der Waals surface area contributed by atoms with Crippen LogP contribution in [0.15, 0.2) is 36.4 Å². The molecule has 0 radical (unpaired) electrons. The first-order chi connectivity index (χ1) is 13.7. The molecule has 150 valence electrons. The fraction of sp³-hybridized carbons (Fsp3) is 0.476. The molecular weight excluding hydrogens is 354 g/mol. The molecule has 1 N–H and O–H groups in total. The molecule has 0 unspecified atom stereocenters. The van der Waals surface area contributed by atoms with Gasteiger partial charge >= 0.3 is 0 Å². The van der Waals surface area contributed by atoms with Crippen molar-refractivity contribution in [2.24, 2.45) is 0 Å². The lowest BCUT2D eigenvalue weighted by atomic mass is 10.2. The lowest BCUT2D eigenvalue weighted by Gasteiger charge is -2.36. The summed E-state index contributed by atoms with van der Waals surface area (Å²) in [5.41, 5.74) is 1.54. The number of aromatic nitrogens is 2. The number of rotatable bonds is 8. The van der Waals surface area contributed by atoms with Gasteiger partial charge in [-0.3, -0.25) is 4.79 Å². The Labute approximate surface area is 166 Å². The molecule has 3 rings (SSSR count). The fourth-order valence-electron chi connectivity index (χ4n) is 3.25. The van der Waals surface area contributed by atoms with Crippen LogP contribution in [0.25, 0.3) is 0 Å². The Hall–Kier alpha value is -2.83. The molecule has 2 heterocycles. The van der Waals surface area contributed by atoms with Crippen molar-refractivity contribution in [3.8, 4) is 5.75 Å². The summed E-state index contributed by atoms with van der Waals surface area (Å²) < 4.78 is 5.21. The van der Waals surface area contributed by atoms with E-state index in [0.717, 1.165) is 43.3 Å². The van der Waals surface area contributed by atoms with E-state index in [9.17, 15) is 4.79 Å². The summed E-state index contributed by atoms with van der Waals surface area (Å²) in [6, 6.07) is 11.6. The highest BCUT2D eigenvalue weighted by Gasteiger charge is 2.23. The molecule has 0 bridgehead atoms. The van der Waals surface area contributed by atoms with Crippen molar-refractivity contribution in [3.05, 3.63) is 42.1 Å². The van der Waals surface area contributed by atoms with Crippen molar-refractivity contribution >= 4 is 17.4 Å². The first-order valence-electron chi connectivity index (χ1n) is 9.97. The van der Waals surface area contributed by atoms with Gasteiger partial charge in [0.25, 0.3) is 5.91 Å². The number of anilines is 2. The number of unbranched alkanes of at least 4 members (excludes halogenated alkanes) is 2. The van der Waals surface area contributed by atoms with Gasteiger partial charge in [0.15, 0.2) is 5.69 Å². The molecule has 0 spiro atoms. The van der Waals surface area contributed by atoms with E-state index in [2.05, 4.69) is 27.3 Å². The maximum absolute atomic E-state index is 12.7. The number of hydrogen-bond acceptors (Lipinski definition) is 6. The zero-order chi connectivity index (χ0) is 19.8. The summed E-state index contributed by atoms with van der Waals surface area (Å²) >= 11 is 0. The van der Waals surface area contributed by atoms with Crippen LogP contribution in [0.3, 0.4) is 0 Å². The molecule has 1 aromatic carbocycles. The van der Waals surface area contributed by atoms with Gasteiger partial charge in [-0.05, 0) is 42.8 Å². The minimum atomic E-state index is -0.0561. The standard InChI is InChI=1S/C21H29N5O2/c1-3-4-5-12-22-20-11-10-19(23-24-20)21(27)26-15-13-25(14-16-26)17-6-8-18(28-2)9-7-17/h6-11H,3-5,12-16H2,1-2H3,(H,22,24). The quantitative estimate of drug-likeness (QED) is 0.707. The highest BCUT2D eigenvalue weighted by molar-refractivity contribution is 5.92. The van der Waals surface area contributed by atoms with Crippen molar-refractivity contribution in [2.75, 3.05) is 50.1 Å². The zero-order valence-corrected chi connectivity index (χ0v) is 16.7. The van der Waals surface area contributed by atoms with Crippen molar-refractivity contribution in [1.82, 2.24) is 15.1 Å². The van der Waals surface area contributed by atoms with Crippen LogP contribution < -0.4 is 15.0 Å². The fourth-order valence-corrected chi connectivity index (χ4v) is 3.25. The molecule has 1 fully saturated rings. The Kier molecular flexibility index (Phi) is 7.06. The van der Waals surface area contributed by atoms with Crippen LogP contribution in [0.4, 0.5) is 11.5 Å². The molecule has 1 aliphatic rings. The van der Waals surface area contributed by atoms with Gasteiger partial charge in [0.05, 0.1) is 7.11 Å². The number of methoxy groups -OCH3 is 1. The Morgan fingerprint density at radius 3 is 2.39 bits per heavy atom. The van der Waals surface area contributed by atoms with Crippen molar-refractivity contribution < 1.29 is 9.53 Å². The minimum absolute atomic E-state index is 0.0561. The van der Waals surface area contributed by atoms with E-state index in [-0.39, 0.29) is 5.91 Å². The van der Waals surface area contributed by atoms with Crippen molar-refractivity contribution in [2.45, 2.75) is 26.2 Å². The third kappa shape index (κ3) is 5.12. The maximum atomic E-state index is 12.7. The largest absolute Gasteiger partial charge is 0.497 e. The predicted octanol–water partition coefficient (Wildman–Crippen LogP) is 3.05. The van der Waals surface area contributed by atoms with Crippen LogP contribution in [-0.4, -0.2) is 60.8 Å². The van der Waals surface area contributed by atoms with Gasteiger partial charge in [-0.25, -0.2) is 0 Å². The third-order valence-corrected chi connectivity index (χ3v) is 4.97. The Morgan fingerprint density at radius 2 is 1.79 bits per heavy atom. The molecule has 1 aromatic heterocycles. The number of carbonyl (C=O) groups is 1. The number of amides is 1. The van der Waals surface area contributed by atoms with Crippen molar-refractivity contribution in [3.63, 3.8) is 0 Å². The number of nitrogens with one attached hydrogen (secondary N) is 1. The lowest BCUT2D eigenvalue weighted by Crippen LogP contribution is -2.49. The van der Waals surface area contributed by atoms with Gasteiger partial charge in [-0.15, -0.1) is 10.2 Å². The Balaban J connectivity index is 1.50. The molecule has 7 nitrogen and oxygen atoms in total. The SMILES string of the molecule is CCCCCNc1ccc(C(=O)N2CCN(c3ccc(OC)cc3)CC2)nn1. The summed E-state index contributed by atoms with van der Waals surface area (Å²) in [6.45, 7) is 5.98. The molecule has 28 heavy (non-hydrogen) atoms. The molecule has 0 aliphatic carbocycles. The van der Waals surface area contributed by atoms with Gasteiger partial charge < -0.3 is 19.9 Å². The van der Waals surface area contributed by atoms with Gasteiger partial charge in [-0.1, -0.05) is 19.8 Å². The van der Waals surface area contributed by atoms with Crippen LogP contribution in [-0.2, 0) is 0 Å². The van der Waals surface area contributed by atoms with Gasteiger partial charge in [0, 0.05) is 38.4 Å². The number of carbonyl (C=O) groups excluding carboxylic acids is 1. The van der Waals surface area contributed by atoms with E-state index in [0.29, 0.717) is 18.8 Å². The number of ether oxygens (including phenoxy) is 1. The summed E-state index contributed by atoms with van der Waals surface area (Å²) in [7, 11) is 1.66. The number of benzene rings is 1. The van der Waals surface area contributed by atoms with Crippen LogP contribution >= 0.6 is 0 Å². The summed E-state index contributed by atoms with van der Waals surface area (Å²) in [5, 5.41) is 11.5.